The number of nitrogens with two attached hydrogens (primary N) is 1. The fourth-order valence-electron chi connectivity index (χ4n) is 2.13. The van der Waals surface area contributed by atoms with E-state index in [1.54, 1.807) is 12.1 Å². The predicted octanol–water partition coefficient (Wildman–Crippen LogP) is 0.362. The summed E-state index contributed by atoms with van der Waals surface area (Å²) in [5.41, 5.74) is 5.10. The lowest BCUT2D eigenvalue weighted by Crippen LogP contribution is -2.44. The summed E-state index contributed by atoms with van der Waals surface area (Å²) in [6, 6.07) is 5.24. The lowest BCUT2D eigenvalue weighted by molar-refractivity contribution is -0.126. The molecule has 1 unspecified atom stereocenters. The molecule has 2 rings (SSSR count). The first kappa shape index (κ1) is 18.0. The third-order valence-electron chi connectivity index (χ3n) is 3.35. The Labute approximate surface area is 142 Å². The Morgan fingerprint density at radius 2 is 1.84 bits per heavy atom. The molecular formula is C16H16N4O5. The maximum Gasteiger partial charge on any atom is 0.342 e. The van der Waals surface area contributed by atoms with E-state index in [4.69, 9.17) is 10.8 Å². The summed E-state index contributed by atoms with van der Waals surface area (Å²) >= 11 is 0. The Morgan fingerprint density at radius 3 is 2.28 bits per heavy atom. The van der Waals surface area contributed by atoms with Crippen LogP contribution in [0.1, 0.15) is 24.2 Å². The van der Waals surface area contributed by atoms with E-state index in [9.17, 15) is 19.2 Å². The minimum Gasteiger partial charge on any atom is -0.477 e. The highest BCUT2D eigenvalue weighted by atomic mass is 16.4. The average Bonchev–Trinajstić information content (AvgIpc) is 2.54. The monoisotopic (exact) mass is 344 g/mol. The zero-order chi connectivity index (χ0) is 18.7. The van der Waals surface area contributed by atoms with Crippen molar-refractivity contribution in [3.05, 3.63) is 46.4 Å². The highest BCUT2D eigenvalue weighted by molar-refractivity contribution is 6.15. The van der Waals surface area contributed by atoms with Crippen LogP contribution in [-0.4, -0.2) is 38.9 Å². The summed E-state index contributed by atoms with van der Waals surface area (Å²) in [4.78, 5) is 53.5. The van der Waals surface area contributed by atoms with Crippen LogP contribution in [0.2, 0.25) is 0 Å². The van der Waals surface area contributed by atoms with Crippen molar-refractivity contribution < 1.29 is 19.5 Å². The lowest BCUT2D eigenvalue weighted by Gasteiger charge is -2.21. The number of rotatable bonds is 4. The smallest absolute Gasteiger partial charge is 0.342 e. The van der Waals surface area contributed by atoms with Gasteiger partial charge in [-0.25, -0.2) is 14.7 Å². The number of aromatic carboxylic acids is 1. The van der Waals surface area contributed by atoms with Gasteiger partial charge in [0.2, 0.25) is 11.8 Å². The number of anilines is 1. The molecule has 0 bridgehead atoms. The lowest BCUT2D eigenvalue weighted by atomic mass is 10.1. The number of aromatic amines is 1. The van der Waals surface area contributed by atoms with Crippen LogP contribution in [0.4, 0.5) is 5.69 Å². The first-order valence-corrected chi connectivity index (χ1v) is 7.25. The number of carbonyl (C=O) groups is 3. The molecule has 1 atom stereocenters. The number of carboxylic acids is 1. The van der Waals surface area contributed by atoms with E-state index < -0.39 is 34.9 Å². The van der Waals surface area contributed by atoms with Gasteiger partial charge in [0.05, 0.1) is 11.7 Å². The molecule has 2 aromatic rings. The maximum absolute atomic E-state index is 12.1. The Balaban J connectivity index is 2.38. The van der Waals surface area contributed by atoms with Crippen LogP contribution >= 0.6 is 0 Å². The van der Waals surface area contributed by atoms with Crippen LogP contribution in [0.15, 0.2) is 35.3 Å². The number of nitrogens with one attached hydrogen (secondary N) is 1. The summed E-state index contributed by atoms with van der Waals surface area (Å²) in [7, 11) is 0. The van der Waals surface area contributed by atoms with Gasteiger partial charge in [-0.3, -0.25) is 14.4 Å². The summed E-state index contributed by atoms with van der Waals surface area (Å²) in [6.45, 7) is 2.73. The van der Waals surface area contributed by atoms with Gasteiger partial charge in [0.15, 0.2) is 0 Å². The minimum absolute atomic E-state index is 0.162. The molecule has 0 aliphatic carbocycles. The summed E-state index contributed by atoms with van der Waals surface area (Å²) in [5, 5.41) is 8.83. The van der Waals surface area contributed by atoms with Gasteiger partial charge in [-0.2, -0.15) is 0 Å². The van der Waals surface area contributed by atoms with Gasteiger partial charge in [0, 0.05) is 18.7 Å². The first-order valence-electron chi connectivity index (χ1n) is 7.25. The third-order valence-corrected chi connectivity index (χ3v) is 3.35. The quantitative estimate of drug-likeness (QED) is 0.725. The number of hydrogen-bond acceptors (Lipinski definition) is 6. The van der Waals surface area contributed by atoms with Crippen LogP contribution in [-0.2, 0) is 9.59 Å². The maximum atomic E-state index is 12.1. The number of carboxylic acid groups (broad SMARTS) is 1. The van der Waals surface area contributed by atoms with Crippen LogP contribution in [0, 0.1) is 0 Å². The number of carbonyl (C=O) groups excluding carboxylic acids is 2. The molecule has 1 heterocycles. The summed E-state index contributed by atoms with van der Waals surface area (Å²) in [6.07, 6.45) is 0.964. The number of H-pyrrole nitrogens is 1. The molecule has 0 aliphatic rings. The molecule has 9 heteroatoms. The highest BCUT2D eigenvalue weighted by Gasteiger charge is 2.23. The van der Waals surface area contributed by atoms with Gasteiger partial charge in [-0.05, 0) is 31.2 Å². The fraction of sp³-hybridized carbons (Fsp3) is 0.188. The molecule has 1 aromatic carbocycles. The molecule has 9 nitrogen and oxygen atoms in total. The highest BCUT2D eigenvalue weighted by Crippen LogP contribution is 2.21. The van der Waals surface area contributed by atoms with E-state index in [2.05, 4.69) is 9.97 Å². The van der Waals surface area contributed by atoms with E-state index in [0.717, 1.165) is 11.1 Å². The third kappa shape index (κ3) is 3.78. The normalized spacial score (nSPS) is 11.6. The van der Waals surface area contributed by atoms with Gasteiger partial charge >= 0.3 is 5.97 Å². The van der Waals surface area contributed by atoms with Crippen molar-refractivity contribution in [2.24, 2.45) is 5.73 Å². The van der Waals surface area contributed by atoms with Crippen LogP contribution < -0.4 is 16.2 Å². The Morgan fingerprint density at radius 1 is 1.24 bits per heavy atom. The van der Waals surface area contributed by atoms with Gasteiger partial charge in [-0.15, -0.1) is 0 Å². The number of amides is 2. The molecule has 0 aliphatic heterocycles. The zero-order valence-corrected chi connectivity index (χ0v) is 13.5. The van der Waals surface area contributed by atoms with E-state index in [1.165, 1.54) is 26.0 Å². The van der Waals surface area contributed by atoms with Crippen molar-refractivity contribution in [1.82, 2.24) is 9.97 Å². The zero-order valence-electron chi connectivity index (χ0n) is 13.5. The van der Waals surface area contributed by atoms with Gasteiger partial charge in [-0.1, -0.05) is 0 Å². The standard InChI is InChI=1S/C16H16N4O5/c1-8(17)15(23)20(9(2)21)11-5-3-10(4-6-11)13-18-7-12(16(24)25)14(22)19-13/h3-8H,17H2,1-2H3,(H,24,25)(H,18,19,22). The van der Waals surface area contributed by atoms with Crippen LogP contribution in [0.5, 0.6) is 0 Å². The second-order valence-electron chi connectivity index (χ2n) is 5.31. The van der Waals surface area contributed by atoms with Crippen molar-refractivity contribution >= 4 is 23.5 Å². The molecule has 0 radical (unpaired) electrons. The Bertz CT molecular complexity index is 886. The molecule has 2 amide bonds. The molecule has 0 saturated carbocycles. The number of nitrogens with zero attached hydrogens (tertiary/aromatic N) is 2. The van der Waals surface area contributed by atoms with Crippen LogP contribution in [0.25, 0.3) is 11.4 Å². The van der Waals surface area contributed by atoms with E-state index in [1.807, 2.05) is 0 Å². The molecule has 4 N–H and O–H groups in total. The van der Waals surface area contributed by atoms with E-state index in [-0.39, 0.29) is 5.82 Å². The van der Waals surface area contributed by atoms with Crippen molar-refractivity contribution in [2.45, 2.75) is 19.9 Å². The predicted molar refractivity (Wildman–Crippen MR) is 89.1 cm³/mol. The molecule has 0 fully saturated rings. The summed E-state index contributed by atoms with van der Waals surface area (Å²) < 4.78 is 0. The molecule has 130 valence electrons. The number of benzene rings is 1. The van der Waals surface area contributed by atoms with Crippen LogP contribution in [0.3, 0.4) is 0 Å². The average molecular weight is 344 g/mol. The molecule has 1 aromatic heterocycles. The van der Waals surface area contributed by atoms with Gasteiger partial charge in [0.25, 0.3) is 5.56 Å². The van der Waals surface area contributed by atoms with Crippen molar-refractivity contribution in [2.75, 3.05) is 4.90 Å². The largest absolute Gasteiger partial charge is 0.477 e. The number of imide groups is 1. The first-order chi connectivity index (χ1) is 11.7. The van der Waals surface area contributed by atoms with Crippen molar-refractivity contribution in [3.63, 3.8) is 0 Å². The molecule has 0 saturated heterocycles. The second-order valence-corrected chi connectivity index (χ2v) is 5.31. The van der Waals surface area contributed by atoms with Crippen molar-refractivity contribution in [3.8, 4) is 11.4 Å². The molecule has 0 spiro atoms. The van der Waals surface area contributed by atoms with E-state index >= 15 is 0 Å². The number of hydrogen-bond donors (Lipinski definition) is 3. The molecular weight excluding hydrogens is 328 g/mol. The van der Waals surface area contributed by atoms with Gasteiger partial charge in [0.1, 0.15) is 11.4 Å². The van der Waals surface area contributed by atoms with Gasteiger partial charge < -0.3 is 15.8 Å². The summed E-state index contributed by atoms with van der Waals surface area (Å²) in [5.74, 6) is -2.23. The second kappa shape index (κ2) is 7.05. The SMILES string of the molecule is CC(=O)N(C(=O)C(C)N)c1ccc(-c2ncc(C(=O)O)c(=O)[nH]2)cc1. The Hall–Kier alpha value is -3.33. The molecule has 25 heavy (non-hydrogen) atoms. The van der Waals surface area contributed by atoms with Crippen molar-refractivity contribution in [1.29, 1.82) is 0 Å². The minimum atomic E-state index is -1.37. The Kier molecular flexibility index (Phi) is 5.08. The van der Waals surface area contributed by atoms with E-state index in [0.29, 0.717) is 11.3 Å². The topological polar surface area (TPSA) is 146 Å². The fourth-order valence-corrected chi connectivity index (χ4v) is 2.13. The number of aromatic nitrogens is 2.